The highest BCUT2D eigenvalue weighted by Gasteiger charge is 2.37. The van der Waals surface area contributed by atoms with Gasteiger partial charge in [0.2, 0.25) is 5.89 Å². The lowest BCUT2D eigenvalue weighted by Crippen LogP contribution is -2.17. The van der Waals surface area contributed by atoms with E-state index in [0.29, 0.717) is 31.2 Å². The van der Waals surface area contributed by atoms with Gasteiger partial charge in [-0.05, 0) is 19.3 Å². The third-order valence-electron chi connectivity index (χ3n) is 3.38. The summed E-state index contributed by atoms with van der Waals surface area (Å²) in [6.07, 6.45) is 3.95. The number of rotatable bonds is 6. The average Bonchev–Trinajstić information content (AvgIpc) is 2.96. The topological polar surface area (TPSA) is 85.5 Å². The second kappa shape index (κ2) is 5.95. The summed E-state index contributed by atoms with van der Waals surface area (Å²) >= 11 is 0. The molecule has 1 aromatic rings. The molecule has 1 saturated carbocycles. The van der Waals surface area contributed by atoms with Crippen LogP contribution in [0.2, 0.25) is 0 Å². The molecule has 1 aliphatic carbocycles. The normalized spacial score (nSPS) is 23.4. The Balaban J connectivity index is 1.98. The first-order valence-electron chi connectivity index (χ1n) is 6.26. The SMILES string of the molecule is COCCCc1noc(C2CCCC2C(=O)O)n1. The zero-order valence-corrected chi connectivity index (χ0v) is 10.5. The van der Waals surface area contributed by atoms with Gasteiger partial charge in [-0.2, -0.15) is 4.98 Å². The van der Waals surface area contributed by atoms with Gasteiger partial charge in [0.15, 0.2) is 5.82 Å². The summed E-state index contributed by atoms with van der Waals surface area (Å²) in [7, 11) is 1.65. The highest BCUT2D eigenvalue weighted by molar-refractivity contribution is 5.71. The molecule has 0 radical (unpaired) electrons. The van der Waals surface area contributed by atoms with Gasteiger partial charge in [-0.1, -0.05) is 11.6 Å². The molecule has 0 saturated heterocycles. The van der Waals surface area contributed by atoms with E-state index in [0.717, 1.165) is 19.3 Å². The smallest absolute Gasteiger partial charge is 0.307 e. The van der Waals surface area contributed by atoms with E-state index in [9.17, 15) is 4.79 Å². The zero-order valence-electron chi connectivity index (χ0n) is 10.5. The largest absolute Gasteiger partial charge is 0.481 e. The van der Waals surface area contributed by atoms with Crippen LogP contribution in [0.3, 0.4) is 0 Å². The number of nitrogens with zero attached hydrogens (tertiary/aromatic N) is 2. The molecule has 1 aliphatic rings. The third-order valence-corrected chi connectivity index (χ3v) is 3.38. The molecule has 0 aromatic carbocycles. The number of aryl methyl sites for hydroxylation is 1. The van der Waals surface area contributed by atoms with Crippen molar-refractivity contribution in [1.82, 2.24) is 10.1 Å². The Bertz CT molecular complexity index is 405. The average molecular weight is 254 g/mol. The molecule has 0 spiro atoms. The number of methoxy groups -OCH3 is 1. The minimum absolute atomic E-state index is 0.119. The summed E-state index contributed by atoms with van der Waals surface area (Å²) in [6, 6.07) is 0. The van der Waals surface area contributed by atoms with Gasteiger partial charge in [0.05, 0.1) is 11.8 Å². The molecule has 2 atom stereocenters. The minimum Gasteiger partial charge on any atom is -0.481 e. The van der Waals surface area contributed by atoms with Crippen molar-refractivity contribution in [3.63, 3.8) is 0 Å². The lowest BCUT2D eigenvalue weighted by molar-refractivity contribution is -0.142. The molecule has 0 aliphatic heterocycles. The first kappa shape index (κ1) is 13.0. The van der Waals surface area contributed by atoms with Crippen molar-refractivity contribution in [2.45, 2.75) is 38.0 Å². The van der Waals surface area contributed by atoms with Gasteiger partial charge in [-0.3, -0.25) is 4.79 Å². The standard InChI is InChI=1S/C12H18N2O4/c1-17-7-3-6-10-13-11(18-14-10)8-4-2-5-9(8)12(15)16/h8-9H,2-7H2,1H3,(H,15,16). The first-order valence-corrected chi connectivity index (χ1v) is 6.26. The fraction of sp³-hybridized carbons (Fsp3) is 0.750. The van der Waals surface area contributed by atoms with E-state index < -0.39 is 5.97 Å². The molecule has 0 amide bonds. The van der Waals surface area contributed by atoms with E-state index in [1.54, 1.807) is 7.11 Å². The highest BCUT2D eigenvalue weighted by Crippen LogP contribution is 2.38. The Hall–Kier alpha value is -1.43. The predicted molar refractivity (Wildman–Crippen MR) is 62.2 cm³/mol. The predicted octanol–water partition coefficient (Wildman–Crippen LogP) is 1.62. The van der Waals surface area contributed by atoms with E-state index in [1.807, 2.05) is 0 Å². The Kier molecular flexibility index (Phi) is 4.30. The van der Waals surface area contributed by atoms with Gasteiger partial charge in [0.1, 0.15) is 0 Å². The molecule has 18 heavy (non-hydrogen) atoms. The molecular formula is C12H18N2O4. The molecule has 100 valence electrons. The Morgan fingerprint density at radius 3 is 3.11 bits per heavy atom. The summed E-state index contributed by atoms with van der Waals surface area (Å²) in [6.45, 7) is 0.658. The lowest BCUT2D eigenvalue weighted by Gasteiger charge is -2.09. The number of hydrogen-bond donors (Lipinski definition) is 1. The third kappa shape index (κ3) is 2.87. The maximum Gasteiger partial charge on any atom is 0.307 e. The van der Waals surface area contributed by atoms with E-state index in [1.165, 1.54) is 0 Å². The fourth-order valence-electron chi connectivity index (χ4n) is 2.45. The van der Waals surface area contributed by atoms with Crippen LogP contribution in [0.5, 0.6) is 0 Å². The molecule has 0 bridgehead atoms. The number of ether oxygens (including phenoxy) is 1. The van der Waals surface area contributed by atoms with E-state index in [4.69, 9.17) is 14.4 Å². The number of carbonyl (C=O) groups is 1. The van der Waals surface area contributed by atoms with Crippen LogP contribution in [0.15, 0.2) is 4.52 Å². The highest BCUT2D eigenvalue weighted by atomic mass is 16.5. The van der Waals surface area contributed by atoms with Crippen LogP contribution >= 0.6 is 0 Å². The number of hydrogen-bond acceptors (Lipinski definition) is 5. The zero-order chi connectivity index (χ0) is 13.0. The number of carboxylic acid groups (broad SMARTS) is 1. The summed E-state index contributed by atoms with van der Waals surface area (Å²) < 4.78 is 10.1. The van der Waals surface area contributed by atoms with E-state index in [-0.39, 0.29) is 11.8 Å². The van der Waals surface area contributed by atoms with Gasteiger partial charge in [0.25, 0.3) is 0 Å². The van der Waals surface area contributed by atoms with Gasteiger partial charge >= 0.3 is 5.97 Å². The second-order valence-corrected chi connectivity index (χ2v) is 4.63. The van der Waals surface area contributed by atoms with Crippen molar-refractivity contribution in [1.29, 1.82) is 0 Å². The Labute approximate surface area is 105 Å². The quantitative estimate of drug-likeness (QED) is 0.776. The van der Waals surface area contributed by atoms with Crippen molar-refractivity contribution < 1.29 is 19.2 Å². The van der Waals surface area contributed by atoms with Crippen molar-refractivity contribution >= 4 is 5.97 Å². The number of carboxylic acids is 1. The number of aromatic nitrogens is 2. The van der Waals surface area contributed by atoms with Crippen LogP contribution in [0.1, 0.15) is 43.3 Å². The Morgan fingerprint density at radius 2 is 2.39 bits per heavy atom. The first-order chi connectivity index (χ1) is 8.72. The fourth-order valence-corrected chi connectivity index (χ4v) is 2.45. The molecule has 1 N–H and O–H groups in total. The molecule has 1 heterocycles. The van der Waals surface area contributed by atoms with Crippen molar-refractivity contribution in [2.24, 2.45) is 5.92 Å². The van der Waals surface area contributed by atoms with E-state index in [2.05, 4.69) is 10.1 Å². The van der Waals surface area contributed by atoms with Gasteiger partial charge in [-0.25, -0.2) is 0 Å². The second-order valence-electron chi connectivity index (χ2n) is 4.63. The van der Waals surface area contributed by atoms with Crippen LogP contribution in [-0.4, -0.2) is 34.9 Å². The van der Waals surface area contributed by atoms with Crippen molar-refractivity contribution in [3.05, 3.63) is 11.7 Å². The minimum atomic E-state index is -0.767. The monoisotopic (exact) mass is 254 g/mol. The molecule has 1 fully saturated rings. The van der Waals surface area contributed by atoms with Crippen LogP contribution < -0.4 is 0 Å². The summed E-state index contributed by atoms with van der Waals surface area (Å²) in [5.74, 6) is -0.148. The summed E-state index contributed by atoms with van der Waals surface area (Å²) in [5, 5.41) is 13.0. The maximum absolute atomic E-state index is 11.1. The lowest BCUT2D eigenvalue weighted by atomic mass is 9.96. The van der Waals surface area contributed by atoms with E-state index >= 15 is 0 Å². The molecule has 6 heteroatoms. The van der Waals surface area contributed by atoms with Crippen LogP contribution in [0.25, 0.3) is 0 Å². The van der Waals surface area contributed by atoms with Crippen molar-refractivity contribution in [2.75, 3.05) is 13.7 Å². The maximum atomic E-state index is 11.1. The van der Waals surface area contributed by atoms with Crippen LogP contribution in [-0.2, 0) is 16.0 Å². The number of aliphatic carboxylic acids is 1. The van der Waals surface area contributed by atoms with Gasteiger partial charge < -0.3 is 14.4 Å². The van der Waals surface area contributed by atoms with Crippen LogP contribution in [0, 0.1) is 5.92 Å². The molecule has 2 rings (SSSR count). The summed E-state index contributed by atoms with van der Waals surface area (Å²) in [4.78, 5) is 15.4. The van der Waals surface area contributed by atoms with Crippen molar-refractivity contribution in [3.8, 4) is 0 Å². The van der Waals surface area contributed by atoms with Gasteiger partial charge in [-0.15, -0.1) is 0 Å². The van der Waals surface area contributed by atoms with Crippen LogP contribution in [0.4, 0.5) is 0 Å². The molecular weight excluding hydrogens is 236 g/mol. The molecule has 2 unspecified atom stereocenters. The van der Waals surface area contributed by atoms with Gasteiger partial charge in [0, 0.05) is 20.1 Å². The molecule has 1 aromatic heterocycles. The Morgan fingerprint density at radius 1 is 1.56 bits per heavy atom. The summed E-state index contributed by atoms with van der Waals surface area (Å²) in [5.41, 5.74) is 0. The molecule has 6 nitrogen and oxygen atoms in total.